The van der Waals surface area contributed by atoms with E-state index >= 15 is 0 Å². The molecule has 1 rings (SSSR count). The van der Waals surface area contributed by atoms with E-state index in [1.165, 1.54) is 0 Å². The molecule has 6 nitrogen and oxygen atoms in total. The summed E-state index contributed by atoms with van der Waals surface area (Å²) in [6.45, 7) is 0.781. The van der Waals surface area contributed by atoms with Gasteiger partial charge >= 0.3 is 4.87 Å². The molecule has 0 aliphatic carbocycles. The van der Waals surface area contributed by atoms with Crippen molar-refractivity contribution in [3.05, 3.63) is 20.7 Å². The summed E-state index contributed by atoms with van der Waals surface area (Å²) in [7, 11) is 0. The molecule has 0 aliphatic rings. The molecule has 72 valence electrons. The van der Waals surface area contributed by atoms with Crippen LogP contribution < -0.4 is 15.9 Å². The molecule has 13 heavy (non-hydrogen) atoms. The van der Waals surface area contributed by atoms with Crippen LogP contribution in [0.4, 0.5) is 0 Å². The van der Waals surface area contributed by atoms with Crippen LogP contribution in [0, 0.1) is 0 Å². The minimum Gasteiger partial charge on any atom is -0.409 e. The van der Waals surface area contributed by atoms with E-state index in [1.54, 1.807) is 5.38 Å². The van der Waals surface area contributed by atoms with Gasteiger partial charge in [-0.05, 0) is 0 Å². The number of H-pyrrole nitrogens is 1. The van der Waals surface area contributed by atoms with Crippen LogP contribution >= 0.6 is 11.3 Å². The average molecular weight is 202 g/mol. The Morgan fingerprint density at radius 3 is 3.15 bits per heavy atom. The van der Waals surface area contributed by atoms with Crippen LogP contribution in [0.1, 0.15) is 5.69 Å². The van der Waals surface area contributed by atoms with Gasteiger partial charge in [0.25, 0.3) is 0 Å². The van der Waals surface area contributed by atoms with E-state index in [1.807, 2.05) is 0 Å². The lowest BCUT2D eigenvalue weighted by Gasteiger charge is -1.99. The molecule has 0 saturated heterocycles. The summed E-state index contributed by atoms with van der Waals surface area (Å²) in [6.07, 6.45) is 0. The number of aromatic amines is 1. The van der Waals surface area contributed by atoms with Crippen molar-refractivity contribution in [2.45, 2.75) is 6.54 Å². The van der Waals surface area contributed by atoms with Gasteiger partial charge in [-0.2, -0.15) is 0 Å². The lowest BCUT2D eigenvalue weighted by molar-refractivity contribution is 0.317. The van der Waals surface area contributed by atoms with Gasteiger partial charge in [-0.15, -0.1) is 0 Å². The number of hydrogen-bond acceptors (Lipinski definition) is 5. The van der Waals surface area contributed by atoms with Crippen molar-refractivity contribution in [2.24, 2.45) is 10.9 Å². The number of aromatic nitrogens is 1. The largest absolute Gasteiger partial charge is 0.409 e. The molecular formula is C6H10N4O2S. The summed E-state index contributed by atoms with van der Waals surface area (Å²) in [5.74, 6) is 0.109. The molecule has 0 aliphatic heterocycles. The second-order valence-corrected chi connectivity index (χ2v) is 3.21. The van der Waals surface area contributed by atoms with Crippen molar-refractivity contribution in [2.75, 3.05) is 6.54 Å². The fourth-order valence-corrected chi connectivity index (χ4v) is 1.34. The second-order valence-electron chi connectivity index (χ2n) is 2.37. The topological polar surface area (TPSA) is 104 Å². The lowest BCUT2D eigenvalue weighted by Crippen LogP contribution is -2.28. The van der Waals surface area contributed by atoms with Crippen molar-refractivity contribution < 1.29 is 5.21 Å². The summed E-state index contributed by atoms with van der Waals surface area (Å²) in [6, 6.07) is 0. The summed E-state index contributed by atoms with van der Waals surface area (Å²) in [4.78, 5) is 13.2. The van der Waals surface area contributed by atoms with E-state index in [-0.39, 0.29) is 17.3 Å². The van der Waals surface area contributed by atoms with Crippen molar-refractivity contribution in [3.8, 4) is 0 Å². The second kappa shape index (κ2) is 4.63. The third kappa shape index (κ3) is 3.26. The lowest BCUT2D eigenvalue weighted by atomic mass is 10.4. The molecule has 0 spiro atoms. The molecule has 0 saturated carbocycles. The predicted molar refractivity (Wildman–Crippen MR) is 50.1 cm³/mol. The van der Waals surface area contributed by atoms with Gasteiger partial charge in [0.05, 0.1) is 6.54 Å². The SMILES string of the molecule is NC(CNCc1csc(=O)[nH]1)=NO. The number of nitrogens with zero attached hydrogens (tertiary/aromatic N) is 1. The first-order valence-corrected chi connectivity index (χ1v) is 4.44. The van der Waals surface area contributed by atoms with Crippen LogP contribution in [0.2, 0.25) is 0 Å². The standard InChI is InChI=1S/C6H10N4O2S/c7-5(10-12)2-8-1-4-3-13-6(11)9-4/h3,8,12H,1-2H2,(H2,7,10)(H,9,11). The highest BCUT2D eigenvalue weighted by molar-refractivity contribution is 7.07. The number of oxime groups is 1. The minimum atomic E-state index is -0.0828. The zero-order chi connectivity index (χ0) is 9.68. The first-order chi connectivity index (χ1) is 6.22. The van der Waals surface area contributed by atoms with Crippen molar-refractivity contribution in [3.63, 3.8) is 0 Å². The number of thiazole rings is 1. The maximum absolute atomic E-state index is 10.7. The van der Waals surface area contributed by atoms with Crippen LogP contribution in [0.15, 0.2) is 15.3 Å². The summed E-state index contributed by atoms with van der Waals surface area (Å²) >= 11 is 1.11. The maximum atomic E-state index is 10.7. The van der Waals surface area contributed by atoms with E-state index in [2.05, 4.69) is 15.5 Å². The molecule has 1 heterocycles. The average Bonchev–Trinajstić information content (AvgIpc) is 2.51. The van der Waals surface area contributed by atoms with Gasteiger partial charge in [0.2, 0.25) is 0 Å². The highest BCUT2D eigenvalue weighted by Crippen LogP contribution is 1.93. The number of amidine groups is 1. The van der Waals surface area contributed by atoms with Crippen LogP contribution in [-0.2, 0) is 6.54 Å². The number of rotatable bonds is 4. The van der Waals surface area contributed by atoms with Gasteiger partial charge in [-0.25, -0.2) is 0 Å². The van der Waals surface area contributed by atoms with Gasteiger partial charge in [0, 0.05) is 17.6 Å². The Morgan fingerprint density at radius 2 is 2.62 bits per heavy atom. The molecule has 0 unspecified atom stereocenters. The highest BCUT2D eigenvalue weighted by Gasteiger charge is 1.96. The molecule has 1 aromatic rings. The Balaban J connectivity index is 2.32. The van der Waals surface area contributed by atoms with Gasteiger partial charge in [-0.3, -0.25) is 4.79 Å². The number of nitrogens with two attached hydrogens (primary N) is 1. The fourth-order valence-electron chi connectivity index (χ4n) is 0.761. The Hall–Kier alpha value is -1.34. The van der Waals surface area contributed by atoms with Crippen LogP contribution in [0.25, 0.3) is 0 Å². The van der Waals surface area contributed by atoms with E-state index in [4.69, 9.17) is 10.9 Å². The molecule has 0 bridgehead atoms. The predicted octanol–water partition coefficient (Wildman–Crippen LogP) is -0.728. The molecular weight excluding hydrogens is 192 g/mol. The molecule has 7 heteroatoms. The van der Waals surface area contributed by atoms with Crippen LogP contribution in [0.5, 0.6) is 0 Å². The molecule has 5 N–H and O–H groups in total. The molecule has 0 fully saturated rings. The van der Waals surface area contributed by atoms with Gasteiger partial charge < -0.3 is 21.2 Å². The monoisotopic (exact) mass is 202 g/mol. The maximum Gasteiger partial charge on any atom is 0.304 e. The van der Waals surface area contributed by atoms with E-state index in [0.29, 0.717) is 6.54 Å². The number of nitrogens with one attached hydrogen (secondary N) is 2. The third-order valence-corrected chi connectivity index (χ3v) is 2.04. The fraction of sp³-hybridized carbons (Fsp3) is 0.333. The summed E-state index contributed by atoms with van der Waals surface area (Å²) in [5.41, 5.74) is 6.00. The highest BCUT2D eigenvalue weighted by atomic mass is 32.1. The van der Waals surface area contributed by atoms with Crippen molar-refractivity contribution in [1.29, 1.82) is 0 Å². The molecule has 0 aromatic carbocycles. The Morgan fingerprint density at radius 1 is 1.85 bits per heavy atom. The zero-order valence-electron chi connectivity index (χ0n) is 6.78. The molecule has 0 atom stereocenters. The van der Waals surface area contributed by atoms with Crippen LogP contribution in [0.3, 0.4) is 0 Å². The number of hydrogen-bond donors (Lipinski definition) is 4. The Labute approximate surface area is 78.1 Å². The Bertz CT molecular complexity index is 342. The van der Waals surface area contributed by atoms with Gasteiger partial charge in [0.15, 0.2) is 5.84 Å². The normalized spacial score (nSPS) is 11.8. The van der Waals surface area contributed by atoms with E-state index < -0.39 is 0 Å². The molecule has 1 aromatic heterocycles. The zero-order valence-corrected chi connectivity index (χ0v) is 7.60. The van der Waals surface area contributed by atoms with Gasteiger partial charge in [-0.1, -0.05) is 16.5 Å². The van der Waals surface area contributed by atoms with E-state index in [9.17, 15) is 4.79 Å². The van der Waals surface area contributed by atoms with Crippen LogP contribution in [-0.4, -0.2) is 22.6 Å². The van der Waals surface area contributed by atoms with E-state index in [0.717, 1.165) is 17.0 Å². The minimum absolute atomic E-state index is 0.0828. The van der Waals surface area contributed by atoms with Crippen molar-refractivity contribution >= 4 is 17.2 Å². The first kappa shape index (κ1) is 9.75. The smallest absolute Gasteiger partial charge is 0.304 e. The first-order valence-electron chi connectivity index (χ1n) is 3.56. The Kier molecular flexibility index (Phi) is 3.47. The quantitative estimate of drug-likeness (QED) is 0.224. The summed E-state index contributed by atoms with van der Waals surface area (Å²) in [5, 5.41) is 15.6. The van der Waals surface area contributed by atoms with Gasteiger partial charge in [0.1, 0.15) is 0 Å². The third-order valence-electron chi connectivity index (χ3n) is 1.32. The molecule has 0 amide bonds. The van der Waals surface area contributed by atoms with Crippen molar-refractivity contribution in [1.82, 2.24) is 10.3 Å². The molecule has 0 radical (unpaired) electrons. The summed E-state index contributed by atoms with van der Waals surface area (Å²) < 4.78 is 0.